The lowest BCUT2D eigenvalue weighted by Crippen LogP contribution is -2.27. The quantitative estimate of drug-likeness (QED) is 0.807. The van der Waals surface area contributed by atoms with Crippen molar-refractivity contribution in [3.8, 4) is 0 Å². The Labute approximate surface area is 113 Å². The van der Waals surface area contributed by atoms with E-state index in [9.17, 15) is 18.0 Å². The molecule has 106 valence electrons. The highest BCUT2D eigenvalue weighted by atomic mass is 32.2. The van der Waals surface area contributed by atoms with Crippen LogP contribution in [0.25, 0.3) is 0 Å². The number of amides is 1. The summed E-state index contributed by atoms with van der Waals surface area (Å²) in [4.78, 5) is 11.4. The van der Waals surface area contributed by atoms with Gasteiger partial charge in [-0.3, -0.25) is 5.32 Å². The molecule has 0 aliphatic heterocycles. The molecule has 0 aliphatic carbocycles. The van der Waals surface area contributed by atoms with Gasteiger partial charge in [0.05, 0.1) is 5.69 Å². The van der Waals surface area contributed by atoms with E-state index in [4.69, 9.17) is 4.74 Å². The number of hydrogen-bond acceptors (Lipinski definition) is 3. The predicted molar refractivity (Wildman–Crippen MR) is 68.2 cm³/mol. The van der Waals surface area contributed by atoms with Crippen LogP contribution in [0.3, 0.4) is 0 Å². The number of benzene rings is 1. The number of halogens is 3. The topological polar surface area (TPSA) is 38.3 Å². The molecule has 0 saturated heterocycles. The van der Waals surface area contributed by atoms with Crippen molar-refractivity contribution in [3.05, 3.63) is 24.3 Å². The van der Waals surface area contributed by atoms with Crippen molar-refractivity contribution >= 4 is 23.5 Å². The minimum atomic E-state index is -4.41. The highest BCUT2D eigenvalue weighted by molar-refractivity contribution is 8.00. The van der Waals surface area contributed by atoms with Crippen molar-refractivity contribution in [2.75, 3.05) is 5.32 Å². The lowest BCUT2D eigenvalue weighted by atomic mass is 10.2. The normalized spacial score (nSPS) is 12.1. The fourth-order valence-corrected chi connectivity index (χ4v) is 1.82. The Kier molecular flexibility index (Phi) is 4.73. The van der Waals surface area contributed by atoms with Crippen LogP contribution in [0.1, 0.15) is 20.8 Å². The predicted octanol–water partition coefficient (Wildman–Crippen LogP) is 4.65. The average Bonchev–Trinajstić information content (AvgIpc) is 2.15. The molecule has 7 heteroatoms. The fourth-order valence-electron chi connectivity index (χ4n) is 1.20. The molecule has 0 radical (unpaired) electrons. The SMILES string of the molecule is CC(C)(C)OC(=O)Nc1ccccc1SC(F)(F)F. The van der Waals surface area contributed by atoms with Crippen molar-refractivity contribution in [1.82, 2.24) is 0 Å². The van der Waals surface area contributed by atoms with Gasteiger partial charge in [-0.1, -0.05) is 12.1 Å². The Morgan fingerprint density at radius 2 is 1.79 bits per heavy atom. The first-order chi connectivity index (χ1) is 8.57. The van der Waals surface area contributed by atoms with Crippen LogP contribution in [0.4, 0.5) is 23.7 Å². The minimum Gasteiger partial charge on any atom is -0.444 e. The summed E-state index contributed by atoms with van der Waals surface area (Å²) in [5.74, 6) is 0. The summed E-state index contributed by atoms with van der Waals surface area (Å²) < 4.78 is 42.0. The zero-order chi connectivity index (χ0) is 14.7. The number of rotatable bonds is 2. The van der Waals surface area contributed by atoms with Crippen LogP contribution in [-0.4, -0.2) is 17.2 Å². The summed E-state index contributed by atoms with van der Waals surface area (Å²) in [5, 5.41) is 2.31. The third-order valence-electron chi connectivity index (χ3n) is 1.75. The number of carbonyl (C=O) groups is 1. The van der Waals surface area contributed by atoms with Gasteiger partial charge in [-0.05, 0) is 44.7 Å². The van der Waals surface area contributed by atoms with Gasteiger partial charge >= 0.3 is 11.6 Å². The molecule has 0 atom stereocenters. The zero-order valence-corrected chi connectivity index (χ0v) is 11.5. The second-order valence-corrected chi connectivity index (χ2v) is 5.78. The molecule has 0 unspecified atom stereocenters. The van der Waals surface area contributed by atoms with Crippen LogP contribution in [0.5, 0.6) is 0 Å². The molecule has 0 heterocycles. The lowest BCUT2D eigenvalue weighted by molar-refractivity contribution is -0.0328. The van der Waals surface area contributed by atoms with Crippen LogP contribution in [0, 0.1) is 0 Å². The molecule has 19 heavy (non-hydrogen) atoms. The number of anilines is 1. The van der Waals surface area contributed by atoms with E-state index in [1.165, 1.54) is 24.3 Å². The van der Waals surface area contributed by atoms with Crippen molar-refractivity contribution in [2.24, 2.45) is 0 Å². The number of hydrogen-bond donors (Lipinski definition) is 1. The van der Waals surface area contributed by atoms with E-state index in [2.05, 4.69) is 5.32 Å². The molecule has 1 rings (SSSR count). The van der Waals surface area contributed by atoms with Crippen LogP contribution in [-0.2, 0) is 4.74 Å². The smallest absolute Gasteiger partial charge is 0.444 e. The summed E-state index contributed by atoms with van der Waals surface area (Å²) in [7, 11) is 0. The number of carbonyl (C=O) groups excluding carboxylic acids is 1. The Balaban J connectivity index is 2.81. The highest BCUT2D eigenvalue weighted by Crippen LogP contribution is 2.40. The van der Waals surface area contributed by atoms with E-state index in [0.717, 1.165) is 0 Å². The molecule has 1 aromatic rings. The number of ether oxygens (including phenoxy) is 1. The lowest BCUT2D eigenvalue weighted by Gasteiger charge is -2.20. The van der Waals surface area contributed by atoms with E-state index in [0.29, 0.717) is 0 Å². The highest BCUT2D eigenvalue weighted by Gasteiger charge is 2.30. The Bertz CT molecular complexity index is 455. The van der Waals surface area contributed by atoms with Gasteiger partial charge in [0.15, 0.2) is 0 Å². The number of alkyl halides is 3. The summed E-state index contributed by atoms with van der Waals surface area (Å²) in [6.45, 7) is 5.01. The Morgan fingerprint density at radius 3 is 2.32 bits per heavy atom. The van der Waals surface area contributed by atoms with E-state index in [1.54, 1.807) is 20.8 Å². The molecule has 0 bridgehead atoms. The van der Waals surface area contributed by atoms with E-state index in [1.807, 2.05) is 0 Å². The van der Waals surface area contributed by atoms with Gasteiger partial charge in [0.2, 0.25) is 0 Å². The fraction of sp³-hybridized carbons (Fsp3) is 0.417. The van der Waals surface area contributed by atoms with Gasteiger partial charge < -0.3 is 4.74 Å². The van der Waals surface area contributed by atoms with E-state index >= 15 is 0 Å². The molecule has 0 saturated carbocycles. The van der Waals surface area contributed by atoms with Gasteiger partial charge in [0.1, 0.15) is 5.60 Å². The maximum Gasteiger partial charge on any atom is 0.446 e. The molecule has 0 fully saturated rings. The minimum absolute atomic E-state index is 0.0686. The molecule has 0 aromatic heterocycles. The third kappa shape index (κ3) is 6.37. The molecular weight excluding hydrogens is 279 g/mol. The average molecular weight is 293 g/mol. The number of thioether (sulfide) groups is 1. The first kappa shape index (κ1) is 15.7. The molecule has 1 amide bonds. The Morgan fingerprint density at radius 1 is 1.21 bits per heavy atom. The van der Waals surface area contributed by atoms with Crippen LogP contribution < -0.4 is 5.32 Å². The molecule has 0 aliphatic rings. The molecule has 3 nitrogen and oxygen atoms in total. The Hall–Kier alpha value is -1.37. The van der Waals surface area contributed by atoms with Gasteiger partial charge in [0.25, 0.3) is 0 Å². The second kappa shape index (κ2) is 5.73. The number of nitrogens with one attached hydrogen (secondary N) is 1. The first-order valence-corrected chi connectivity index (χ1v) is 6.23. The maximum atomic E-state index is 12.3. The molecule has 1 N–H and O–H groups in total. The summed E-state index contributed by atoms with van der Waals surface area (Å²) in [6.07, 6.45) is -0.789. The van der Waals surface area contributed by atoms with Crippen molar-refractivity contribution in [3.63, 3.8) is 0 Å². The van der Waals surface area contributed by atoms with Crippen molar-refractivity contribution in [2.45, 2.75) is 36.8 Å². The summed E-state index contributed by atoms with van der Waals surface area (Å²) >= 11 is -0.283. The summed E-state index contributed by atoms with van der Waals surface area (Å²) in [5.41, 5.74) is -5.05. The van der Waals surface area contributed by atoms with Crippen LogP contribution >= 0.6 is 11.8 Å². The monoisotopic (exact) mass is 293 g/mol. The van der Waals surface area contributed by atoms with E-state index < -0.39 is 17.2 Å². The van der Waals surface area contributed by atoms with E-state index in [-0.39, 0.29) is 22.3 Å². The maximum absolute atomic E-state index is 12.3. The van der Waals surface area contributed by atoms with Crippen molar-refractivity contribution in [1.29, 1.82) is 0 Å². The van der Waals surface area contributed by atoms with Gasteiger partial charge in [-0.25, -0.2) is 4.79 Å². The van der Waals surface area contributed by atoms with Crippen molar-refractivity contribution < 1.29 is 22.7 Å². The van der Waals surface area contributed by atoms with Gasteiger partial charge in [-0.2, -0.15) is 13.2 Å². The summed E-state index contributed by atoms with van der Waals surface area (Å²) in [6, 6.07) is 5.67. The van der Waals surface area contributed by atoms with Gasteiger partial charge in [0, 0.05) is 4.90 Å². The largest absolute Gasteiger partial charge is 0.446 e. The molecular formula is C12H14F3NO2S. The van der Waals surface area contributed by atoms with Crippen LogP contribution in [0.15, 0.2) is 29.2 Å². The standard InChI is InChI=1S/C12H14F3NO2S/c1-11(2,3)18-10(17)16-8-6-4-5-7-9(8)19-12(13,14)15/h4-7H,1-3H3,(H,16,17). The molecule has 1 aromatic carbocycles. The molecule has 0 spiro atoms. The van der Waals surface area contributed by atoms with Gasteiger partial charge in [-0.15, -0.1) is 0 Å². The first-order valence-electron chi connectivity index (χ1n) is 5.41. The third-order valence-corrected chi connectivity index (χ3v) is 2.56. The van der Waals surface area contributed by atoms with Crippen LogP contribution in [0.2, 0.25) is 0 Å². The second-order valence-electron chi connectivity index (χ2n) is 4.67. The zero-order valence-electron chi connectivity index (χ0n) is 10.7. The number of para-hydroxylation sites is 1.